The van der Waals surface area contributed by atoms with Gasteiger partial charge in [-0.15, -0.1) is 0 Å². The molecule has 210 valence electrons. The average Bonchev–Trinajstić information content (AvgIpc) is 3.46. The van der Waals surface area contributed by atoms with E-state index in [4.69, 9.17) is 21.3 Å². The van der Waals surface area contributed by atoms with Gasteiger partial charge < -0.3 is 19.6 Å². The second-order valence-electron chi connectivity index (χ2n) is 10.4. The van der Waals surface area contributed by atoms with Crippen molar-refractivity contribution in [2.45, 2.75) is 45.9 Å². The Bertz CT molecular complexity index is 1540. The Balaban J connectivity index is 1.62. The second-order valence-corrected chi connectivity index (χ2v) is 10.8. The maximum atomic E-state index is 13.4. The Morgan fingerprint density at radius 2 is 2.00 bits per heavy atom. The molecule has 0 aliphatic heterocycles. The SMILES string of the molecule is Cc1c(N(C)C(=O)N(C=O)Cc2cc3c(Cl)cccc3[nH]2)nc(C(NC(=O)OC(C)(C)C)c2cccnc2)n1C. The van der Waals surface area contributed by atoms with Crippen molar-refractivity contribution in [3.05, 3.63) is 76.6 Å². The number of H-pyrrole nitrogens is 1. The smallest absolute Gasteiger partial charge is 0.408 e. The first-order valence-corrected chi connectivity index (χ1v) is 13.0. The predicted molar refractivity (Wildman–Crippen MR) is 152 cm³/mol. The Kier molecular flexibility index (Phi) is 8.15. The number of anilines is 1. The molecule has 3 heterocycles. The van der Waals surface area contributed by atoms with Crippen LogP contribution in [0.25, 0.3) is 10.9 Å². The zero-order valence-electron chi connectivity index (χ0n) is 23.2. The molecule has 0 saturated heterocycles. The van der Waals surface area contributed by atoms with Crippen molar-refractivity contribution in [3.63, 3.8) is 0 Å². The number of amides is 4. The van der Waals surface area contributed by atoms with Crippen LogP contribution in [0.3, 0.4) is 0 Å². The number of pyridine rings is 1. The van der Waals surface area contributed by atoms with Gasteiger partial charge in [0.25, 0.3) is 0 Å². The summed E-state index contributed by atoms with van der Waals surface area (Å²) in [7, 11) is 3.33. The van der Waals surface area contributed by atoms with Gasteiger partial charge in [-0.1, -0.05) is 23.7 Å². The van der Waals surface area contributed by atoms with Crippen LogP contribution in [-0.2, 0) is 23.1 Å². The summed E-state index contributed by atoms with van der Waals surface area (Å²) < 4.78 is 7.25. The van der Waals surface area contributed by atoms with Crippen LogP contribution < -0.4 is 10.2 Å². The molecule has 0 saturated carbocycles. The standard InChI is InChI=1S/C28H32ClN7O4/c1-17-24(35(6)27(39)36(16-37)15-19-13-20-21(29)10-7-11-22(20)31-19)33-25(34(17)5)23(18-9-8-12-30-14-18)32-26(38)40-28(2,3)4/h7-14,16,23,31H,15H2,1-6H3,(H,32,38). The number of nitrogens with zero attached hydrogens (tertiary/aromatic N) is 5. The van der Waals surface area contributed by atoms with Gasteiger partial charge in [-0.05, 0) is 52.0 Å². The molecule has 0 fully saturated rings. The lowest BCUT2D eigenvalue weighted by Crippen LogP contribution is -2.40. The number of imide groups is 1. The van der Waals surface area contributed by atoms with Crippen LogP contribution in [-0.4, -0.2) is 55.6 Å². The molecule has 1 aromatic carbocycles. The zero-order valence-corrected chi connectivity index (χ0v) is 24.0. The Labute approximate surface area is 237 Å². The van der Waals surface area contributed by atoms with E-state index >= 15 is 0 Å². The fraction of sp³-hybridized carbons (Fsp3) is 0.321. The number of fused-ring (bicyclic) bond motifs is 1. The number of ether oxygens (including phenoxy) is 1. The minimum atomic E-state index is -0.720. The van der Waals surface area contributed by atoms with Gasteiger partial charge in [-0.3, -0.25) is 19.6 Å². The molecule has 2 N–H and O–H groups in total. The molecule has 1 unspecified atom stereocenters. The fourth-order valence-electron chi connectivity index (χ4n) is 4.31. The lowest BCUT2D eigenvalue weighted by Gasteiger charge is -2.23. The van der Waals surface area contributed by atoms with Crippen molar-refractivity contribution in [1.29, 1.82) is 0 Å². The van der Waals surface area contributed by atoms with Crippen LogP contribution in [0.5, 0.6) is 0 Å². The van der Waals surface area contributed by atoms with Gasteiger partial charge in [-0.25, -0.2) is 14.6 Å². The van der Waals surface area contributed by atoms with Crippen LogP contribution in [0, 0.1) is 6.92 Å². The Morgan fingerprint density at radius 1 is 1.25 bits per heavy atom. The molecule has 12 heteroatoms. The van der Waals surface area contributed by atoms with Crippen molar-refractivity contribution in [1.82, 2.24) is 29.7 Å². The van der Waals surface area contributed by atoms with Gasteiger partial charge >= 0.3 is 12.1 Å². The number of rotatable bonds is 7. The quantitative estimate of drug-likeness (QED) is 0.301. The number of alkyl carbamates (subject to hydrolysis) is 1. The summed E-state index contributed by atoms with van der Waals surface area (Å²) in [5, 5.41) is 4.24. The molecule has 0 aliphatic rings. The fourth-order valence-corrected chi connectivity index (χ4v) is 4.54. The summed E-state index contributed by atoms with van der Waals surface area (Å²) in [6.07, 6.45) is 3.11. The summed E-state index contributed by atoms with van der Waals surface area (Å²) in [5.74, 6) is 0.780. The number of hydrogen-bond acceptors (Lipinski definition) is 6. The third-order valence-corrected chi connectivity index (χ3v) is 6.64. The molecule has 4 rings (SSSR count). The van der Waals surface area contributed by atoms with E-state index in [1.807, 2.05) is 24.3 Å². The molecular weight excluding hydrogens is 534 g/mol. The topological polar surface area (TPSA) is 125 Å². The molecular formula is C28H32ClN7O4. The van der Waals surface area contributed by atoms with E-state index in [0.29, 0.717) is 40.0 Å². The molecule has 0 aliphatic carbocycles. The van der Waals surface area contributed by atoms with Crippen LogP contribution >= 0.6 is 11.6 Å². The number of aromatic amines is 1. The second kappa shape index (κ2) is 11.4. The molecule has 3 aromatic heterocycles. The molecule has 4 aromatic rings. The van der Waals surface area contributed by atoms with E-state index in [2.05, 4.69) is 15.3 Å². The van der Waals surface area contributed by atoms with Gasteiger partial charge in [0.1, 0.15) is 17.5 Å². The normalized spacial score (nSPS) is 12.2. The lowest BCUT2D eigenvalue weighted by atomic mass is 10.1. The van der Waals surface area contributed by atoms with Crippen LogP contribution in [0.2, 0.25) is 5.02 Å². The van der Waals surface area contributed by atoms with E-state index in [1.165, 1.54) is 4.90 Å². The lowest BCUT2D eigenvalue weighted by molar-refractivity contribution is -0.116. The Morgan fingerprint density at radius 3 is 2.62 bits per heavy atom. The van der Waals surface area contributed by atoms with Gasteiger partial charge in [0.2, 0.25) is 6.41 Å². The minimum Gasteiger partial charge on any atom is -0.444 e. The van der Waals surface area contributed by atoms with Crippen LogP contribution in [0.1, 0.15) is 49.6 Å². The summed E-state index contributed by atoms with van der Waals surface area (Å²) in [4.78, 5) is 52.6. The highest BCUT2D eigenvalue weighted by atomic mass is 35.5. The highest BCUT2D eigenvalue weighted by Gasteiger charge is 2.30. The number of nitrogens with one attached hydrogen (secondary N) is 2. The first-order valence-electron chi connectivity index (χ1n) is 12.6. The summed E-state index contributed by atoms with van der Waals surface area (Å²) >= 11 is 6.27. The van der Waals surface area contributed by atoms with Crippen molar-refractivity contribution >= 4 is 46.9 Å². The molecule has 0 spiro atoms. The maximum absolute atomic E-state index is 13.4. The third-order valence-electron chi connectivity index (χ3n) is 6.31. The minimum absolute atomic E-state index is 0.00886. The van der Waals surface area contributed by atoms with E-state index in [-0.39, 0.29) is 6.54 Å². The van der Waals surface area contributed by atoms with Gasteiger partial charge in [0.15, 0.2) is 5.82 Å². The third kappa shape index (κ3) is 6.09. The summed E-state index contributed by atoms with van der Waals surface area (Å²) in [5.41, 5.74) is 2.07. The number of hydrogen-bond donors (Lipinski definition) is 2. The molecule has 11 nitrogen and oxygen atoms in total. The van der Waals surface area contributed by atoms with Crippen molar-refractivity contribution in [2.75, 3.05) is 11.9 Å². The first-order chi connectivity index (χ1) is 18.9. The molecule has 40 heavy (non-hydrogen) atoms. The molecule has 4 amide bonds. The van der Waals surface area contributed by atoms with Crippen molar-refractivity contribution < 1.29 is 19.1 Å². The number of halogens is 1. The van der Waals surface area contributed by atoms with Crippen molar-refractivity contribution in [3.8, 4) is 0 Å². The monoisotopic (exact) mass is 565 g/mol. The Hall–Kier alpha value is -4.38. The molecule has 0 radical (unpaired) electrons. The maximum Gasteiger partial charge on any atom is 0.408 e. The number of urea groups is 1. The van der Waals surface area contributed by atoms with E-state index in [9.17, 15) is 14.4 Å². The van der Waals surface area contributed by atoms with E-state index in [1.54, 1.807) is 70.9 Å². The molecule has 1 atom stereocenters. The van der Waals surface area contributed by atoms with Crippen LogP contribution in [0.4, 0.5) is 15.4 Å². The van der Waals surface area contributed by atoms with Gasteiger partial charge in [-0.2, -0.15) is 0 Å². The summed E-state index contributed by atoms with van der Waals surface area (Å²) in [6, 6.07) is 9.54. The number of imidazole rings is 1. The largest absolute Gasteiger partial charge is 0.444 e. The van der Waals surface area contributed by atoms with Crippen molar-refractivity contribution in [2.24, 2.45) is 7.05 Å². The number of carbonyl (C=O) groups excluding carboxylic acids is 3. The number of carbonyl (C=O) groups is 3. The highest BCUT2D eigenvalue weighted by Crippen LogP contribution is 2.28. The number of benzene rings is 1. The predicted octanol–water partition coefficient (Wildman–Crippen LogP) is 5.09. The first kappa shape index (κ1) is 28.6. The average molecular weight is 566 g/mol. The summed E-state index contributed by atoms with van der Waals surface area (Å²) in [6.45, 7) is 7.14. The van der Waals surface area contributed by atoms with Crippen LogP contribution in [0.15, 0.2) is 48.8 Å². The van der Waals surface area contributed by atoms with E-state index in [0.717, 1.165) is 15.8 Å². The molecule has 0 bridgehead atoms. The number of aromatic nitrogens is 4. The zero-order chi connectivity index (χ0) is 29.2. The van der Waals surface area contributed by atoms with Gasteiger partial charge in [0, 0.05) is 53.7 Å². The van der Waals surface area contributed by atoms with E-state index < -0.39 is 23.8 Å². The highest BCUT2D eigenvalue weighted by molar-refractivity contribution is 6.35. The van der Waals surface area contributed by atoms with Gasteiger partial charge in [0.05, 0.1) is 12.2 Å².